The average molecular weight is 357 g/mol. The van der Waals surface area contributed by atoms with Gasteiger partial charge in [-0.25, -0.2) is 9.40 Å². The summed E-state index contributed by atoms with van der Waals surface area (Å²) in [5.74, 6) is 0.871. The molecule has 3 rings (SSSR count). The largest absolute Gasteiger partial charge is 0.345 e. The number of hydrazone groups is 1. The summed E-state index contributed by atoms with van der Waals surface area (Å²) in [4.78, 5) is 14.4. The second-order valence-electron chi connectivity index (χ2n) is 5.92. The topological polar surface area (TPSA) is 87.0 Å². The summed E-state index contributed by atoms with van der Waals surface area (Å²) < 4.78 is 14.8. The summed E-state index contributed by atoms with van der Waals surface area (Å²) in [5, 5.41) is 21.6. The number of amidine groups is 1. The normalized spacial score (nSPS) is 15.3. The van der Waals surface area contributed by atoms with Crippen molar-refractivity contribution in [2.75, 3.05) is 11.7 Å². The fourth-order valence-corrected chi connectivity index (χ4v) is 2.35. The molecule has 9 heteroatoms. The van der Waals surface area contributed by atoms with E-state index in [1.807, 2.05) is 13.8 Å². The van der Waals surface area contributed by atoms with Crippen LogP contribution in [0.4, 0.5) is 21.6 Å². The van der Waals surface area contributed by atoms with Gasteiger partial charge in [0.15, 0.2) is 5.84 Å². The molecule has 0 fully saturated rings. The van der Waals surface area contributed by atoms with Crippen molar-refractivity contribution in [3.8, 4) is 0 Å². The van der Waals surface area contributed by atoms with Crippen LogP contribution in [0.2, 0.25) is 0 Å². The van der Waals surface area contributed by atoms with Crippen molar-refractivity contribution >= 4 is 23.0 Å². The van der Waals surface area contributed by atoms with E-state index in [0.29, 0.717) is 17.3 Å². The number of benzene rings is 1. The van der Waals surface area contributed by atoms with Crippen LogP contribution < -0.4 is 5.01 Å². The third-order valence-electron chi connectivity index (χ3n) is 4.10. The van der Waals surface area contributed by atoms with Crippen molar-refractivity contribution in [2.45, 2.75) is 20.3 Å². The van der Waals surface area contributed by atoms with E-state index < -0.39 is 4.92 Å². The fraction of sp³-hybridized carbons (Fsp3) is 0.294. The molecular formula is C17H18FN6O2+. The first-order valence-corrected chi connectivity index (χ1v) is 8.19. The van der Waals surface area contributed by atoms with Gasteiger partial charge in [-0.15, -0.1) is 9.80 Å². The first-order chi connectivity index (χ1) is 12.5. The van der Waals surface area contributed by atoms with Crippen molar-refractivity contribution < 1.29 is 14.0 Å². The third-order valence-corrected chi connectivity index (χ3v) is 4.10. The van der Waals surface area contributed by atoms with Gasteiger partial charge in [-0.1, -0.05) is 19.0 Å². The zero-order chi connectivity index (χ0) is 18.7. The van der Waals surface area contributed by atoms with Crippen LogP contribution in [0.15, 0.2) is 52.8 Å². The number of pyridine rings is 1. The number of halogens is 1. The van der Waals surface area contributed by atoms with Crippen molar-refractivity contribution in [3.63, 3.8) is 0 Å². The molecule has 0 bridgehead atoms. The van der Waals surface area contributed by atoms with Gasteiger partial charge in [-0.05, 0) is 35.7 Å². The van der Waals surface area contributed by atoms with Crippen LogP contribution in [0.3, 0.4) is 0 Å². The van der Waals surface area contributed by atoms with E-state index in [0.717, 1.165) is 6.42 Å². The highest BCUT2D eigenvalue weighted by molar-refractivity contribution is 5.85. The Hall–Kier alpha value is -3.23. The lowest BCUT2D eigenvalue weighted by atomic mass is 10.1. The lowest BCUT2D eigenvalue weighted by Gasteiger charge is -2.23. The van der Waals surface area contributed by atoms with Gasteiger partial charge < -0.3 is 0 Å². The molecule has 2 heterocycles. The monoisotopic (exact) mass is 357 g/mol. The standard InChI is InChI=1S/C17H18FN6O2/c1-3-12(2)17-20-22(14-6-4-13(18)5-7-14)11-23(21-17)16-9-8-15(10-19-16)24(25)26/h4-10,12H,3,11H2,1-2H3/q+1. The van der Waals surface area contributed by atoms with E-state index in [9.17, 15) is 14.5 Å². The Bertz CT molecular complexity index is 864. The minimum absolute atomic E-state index is 0.0861. The summed E-state index contributed by atoms with van der Waals surface area (Å²) in [7, 11) is 0. The molecule has 0 saturated carbocycles. The molecule has 1 unspecified atom stereocenters. The Labute approximate surface area is 149 Å². The highest BCUT2D eigenvalue weighted by Crippen LogP contribution is 2.23. The highest BCUT2D eigenvalue weighted by atomic mass is 19.1. The number of aromatic nitrogens is 1. The molecule has 8 nitrogen and oxygen atoms in total. The van der Waals surface area contributed by atoms with Crippen LogP contribution in [-0.4, -0.2) is 27.1 Å². The van der Waals surface area contributed by atoms with Gasteiger partial charge in [0.25, 0.3) is 0 Å². The molecule has 0 saturated heterocycles. The summed E-state index contributed by atoms with van der Waals surface area (Å²) in [5.41, 5.74) is 0.631. The SMILES string of the molecule is CCC(C)C1=NN(c2ccc(F)cc2)C[N+](c2ccc([N+](=O)[O-])cn2)=N1. The number of hydrogen-bond donors (Lipinski definition) is 0. The zero-order valence-corrected chi connectivity index (χ0v) is 14.4. The molecule has 1 aromatic carbocycles. The van der Waals surface area contributed by atoms with Crippen LogP contribution in [0.1, 0.15) is 20.3 Å². The smallest absolute Gasteiger partial charge is 0.258 e. The molecule has 26 heavy (non-hydrogen) atoms. The van der Waals surface area contributed by atoms with E-state index in [1.54, 1.807) is 27.9 Å². The van der Waals surface area contributed by atoms with Gasteiger partial charge in [0.1, 0.15) is 5.82 Å². The average Bonchev–Trinajstić information content (AvgIpc) is 2.67. The molecule has 0 aliphatic carbocycles. The van der Waals surface area contributed by atoms with Crippen molar-refractivity contribution in [1.82, 2.24) is 4.98 Å². The number of rotatable bonds is 5. The number of azo groups is 2. The maximum Gasteiger partial charge on any atom is 0.345 e. The Morgan fingerprint density at radius 2 is 2.04 bits per heavy atom. The number of nitro groups is 1. The maximum absolute atomic E-state index is 13.2. The van der Waals surface area contributed by atoms with E-state index in [1.165, 1.54) is 24.4 Å². The van der Waals surface area contributed by atoms with E-state index >= 15 is 0 Å². The van der Waals surface area contributed by atoms with Crippen LogP contribution >= 0.6 is 0 Å². The highest BCUT2D eigenvalue weighted by Gasteiger charge is 2.26. The first-order valence-electron chi connectivity index (χ1n) is 8.19. The summed E-state index contributed by atoms with van der Waals surface area (Å²) >= 11 is 0. The lowest BCUT2D eigenvalue weighted by molar-refractivity contribution is -0.512. The molecule has 1 aliphatic rings. The molecule has 0 spiro atoms. The van der Waals surface area contributed by atoms with Crippen LogP contribution in [0, 0.1) is 21.8 Å². The van der Waals surface area contributed by atoms with E-state index in [-0.39, 0.29) is 24.1 Å². The minimum atomic E-state index is -0.499. The molecule has 1 aromatic heterocycles. The van der Waals surface area contributed by atoms with Gasteiger partial charge >= 0.3 is 11.5 Å². The van der Waals surface area contributed by atoms with Crippen LogP contribution in [0.5, 0.6) is 0 Å². The Kier molecular flexibility index (Phi) is 4.97. The second kappa shape index (κ2) is 7.34. The molecule has 134 valence electrons. The van der Waals surface area contributed by atoms with Gasteiger partial charge in [-0.3, -0.25) is 10.1 Å². The van der Waals surface area contributed by atoms with Crippen molar-refractivity contribution in [3.05, 3.63) is 58.5 Å². The van der Waals surface area contributed by atoms with E-state index in [4.69, 9.17) is 0 Å². The van der Waals surface area contributed by atoms with Crippen LogP contribution in [-0.2, 0) is 0 Å². The van der Waals surface area contributed by atoms with Gasteiger partial charge in [0.2, 0.25) is 12.9 Å². The fourth-order valence-electron chi connectivity index (χ4n) is 2.35. The number of hydrogen-bond acceptors (Lipinski definition) is 6. The predicted octanol–water partition coefficient (Wildman–Crippen LogP) is 4.06. The Balaban J connectivity index is 1.96. The Morgan fingerprint density at radius 1 is 1.31 bits per heavy atom. The number of nitrogens with zero attached hydrogens (tertiary/aromatic N) is 6. The third kappa shape index (κ3) is 3.71. The van der Waals surface area contributed by atoms with Gasteiger partial charge in [-0.2, -0.15) is 0 Å². The summed E-state index contributed by atoms with van der Waals surface area (Å²) in [6.07, 6.45) is 2.04. The quantitative estimate of drug-likeness (QED) is 0.459. The maximum atomic E-state index is 13.2. The predicted molar refractivity (Wildman–Crippen MR) is 93.9 cm³/mol. The molecule has 0 radical (unpaired) electrons. The molecule has 1 atom stereocenters. The second-order valence-corrected chi connectivity index (χ2v) is 5.92. The lowest BCUT2D eigenvalue weighted by Crippen LogP contribution is -2.33. The Morgan fingerprint density at radius 3 is 2.62 bits per heavy atom. The van der Waals surface area contributed by atoms with Crippen LogP contribution in [0.25, 0.3) is 0 Å². The molecule has 0 N–H and O–H groups in total. The van der Waals surface area contributed by atoms with E-state index in [2.05, 4.69) is 15.2 Å². The zero-order valence-electron chi connectivity index (χ0n) is 14.4. The molecule has 0 amide bonds. The van der Waals surface area contributed by atoms with Gasteiger partial charge in [0.05, 0.1) is 10.6 Å². The molecule has 1 aliphatic heterocycles. The first kappa shape index (κ1) is 17.6. The van der Waals surface area contributed by atoms with Crippen molar-refractivity contribution in [2.24, 2.45) is 16.1 Å². The number of anilines is 1. The minimum Gasteiger partial charge on any atom is -0.258 e. The van der Waals surface area contributed by atoms with Crippen molar-refractivity contribution in [1.29, 1.82) is 0 Å². The van der Waals surface area contributed by atoms with Gasteiger partial charge in [0, 0.05) is 18.1 Å². The summed E-state index contributed by atoms with van der Waals surface area (Å²) in [6.45, 7) is 4.31. The summed E-state index contributed by atoms with van der Waals surface area (Å²) in [6, 6.07) is 8.94. The molecule has 2 aromatic rings. The molecular weight excluding hydrogens is 339 g/mol.